The van der Waals surface area contributed by atoms with Gasteiger partial charge in [-0.3, -0.25) is 4.79 Å². The van der Waals surface area contributed by atoms with Crippen LogP contribution in [0.2, 0.25) is 5.02 Å². The summed E-state index contributed by atoms with van der Waals surface area (Å²) in [6.07, 6.45) is 0. The SMILES string of the molecule is O=C(CN1CCn2c1nc1ccccc12)c1ccc(Cl)cc1. The highest BCUT2D eigenvalue weighted by molar-refractivity contribution is 6.30. The molecule has 0 fully saturated rings. The van der Waals surface area contributed by atoms with Crippen LogP contribution in [0.1, 0.15) is 10.4 Å². The normalized spacial score (nSPS) is 13.6. The predicted molar refractivity (Wildman–Crippen MR) is 87.7 cm³/mol. The van der Waals surface area contributed by atoms with Crippen LogP contribution in [0.15, 0.2) is 48.5 Å². The molecule has 0 saturated carbocycles. The van der Waals surface area contributed by atoms with Crippen molar-refractivity contribution in [2.45, 2.75) is 6.54 Å². The number of Topliss-reactive ketones (excluding diaryl/α,β-unsaturated/α-hetero) is 1. The third kappa shape index (κ3) is 2.16. The summed E-state index contributed by atoms with van der Waals surface area (Å²) in [5.41, 5.74) is 2.78. The number of halogens is 1. The fourth-order valence-electron chi connectivity index (χ4n) is 2.90. The zero-order valence-corrected chi connectivity index (χ0v) is 12.6. The van der Waals surface area contributed by atoms with E-state index in [0.29, 0.717) is 17.1 Å². The molecule has 110 valence electrons. The Morgan fingerprint density at radius 3 is 2.68 bits per heavy atom. The second-order valence-electron chi connectivity index (χ2n) is 5.40. The first-order valence-electron chi connectivity index (χ1n) is 7.21. The van der Waals surface area contributed by atoms with Crippen molar-refractivity contribution < 1.29 is 4.79 Å². The second-order valence-corrected chi connectivity index (χ2v) is 5.84. The van der Waals surface area contributed by atoms with Gasteiger partial charge in [-0.25, -0.2) is 4.98 Å². The average Bonchev–Trinajstić information content (AvgIpc) is 3.08. The number of carbonyl (C=O) groups excluding carboxylic acids is 1. The molecule has 5 heteroatoms. The second kappa shape index (κ2) is 5.14. The molecule has 1 aliphatic rings. The highest BCUT2D eigenvalue weighted by atomic mass is 35.5. The van der Waals surface area contributed by atoms with Gasteiger partial charge in [0, 0.05) is 23.7 Å². The fourth-order valence-corrected chi connectivity index (χ4v) is 3.02. The molecular weight excluding hydrogens is 298 g/mol. The van der Waals surface area contributed by atoms with Crippen LogP contribution in [-0.4, -0.2) is 28.4 Å². The number of hydrogen-bond donors (Lipinski definition) is 0. The molecule has 0 N–H and O–H groups in total. The number of aromatic nitrogens is 2. The van der Waals surface area contributed by atoms with Crippen molar-refractivity contribution in [1.82, 2.24) is 9.55 Å². The molecule has 22 heavy (non-hydrogen) atoms. The lowest BCUT2D eigenvalue weighted by atomic mass is 10.1. The molecule has 4 nitrogen and oxygen atoms in total. The Kier molecular flexibility index (Phi) is 3.12. The van der Waals surface area contributed by atoms with Crippen LogP contribution in [-0.2, 0) is 6.54 Å². The molecule has 0 amide bonds. The van der Waals surface area contributed by atoms with Gasteiger partial charge in [-0.15, -0.1) is 0 Å². The molecule has 4 rings (SSSR count). The number of imidazole rings is 1. The average molecular weight is 312 g/mol. The van der Waals surface area contributed by atoms with Gasteiger partial charge < -0.3 is 9.47 Å². The number of fused-ring (bicyclic) bond motifs is 3. The van der Waals surface area contributed by atoms with E-state index in [2.05, 4.69) is 15.6 Å². The number of nitrogens with zero attached hydrogens (tertiary/aromatic N) is 3. The van der Waals surface area contributed by atoms with Crippen molar-refractivity contribution in [2.75, 3.05) is 18.0 Å². The van der Waals surface area contributed by atoms with Crippen molar-refractivity contribution in [1.29, 1.82) is 0 Å². The number of ketones is 1. The molecule has 0 bridgehead atoms. The van der Waals surface area contributed by atoms with E-state index in [1.165, 1.54) is 0 Å². The van der Waals surface area contributed by atoms with E-state index < -0.39 is 0 Å². The third-order valence-corrected chi connectivity index (χ3v) is 4.26. The first-order valence-corrected chi connectivity index (χ1v) is 7.59. The Hall–Kier alpha value is -2.33. The molecule has 0 unspecified atom stereocenters. The number of para-hydroxylation sites is 2. The van der Waals surface area contributed by atoms with Gasteiger partial charge >= 0.3 is 0 Å². The van der Waals surface area contributed by atoms with Crippen LogP contribution in [0.4, 0.5) is 5.95 Å². The maximum absolute atomic E-state index is 12.4. The van der Waals surface area contributed by atoms with Gasteiger partial charge in [0.2, 0.25) is 5.95 Å². The van der Waals surface area contributed by atoms with E-state index in [9.17, 15) is 4.79 Å². The Morgan fingerprint density at radius 1 is 1.09 bits per heavy atom. The number of hydrogen-bond acceptors (Lipinski definition) is 3. The molecule has 0 radical (unpaired) electrons. The highest BCUT2D eigenvalue weighted by Crippen LogP contribution is 2.27. The van der Waals surface area contributed by atoms with Gasteiger partial charge in [-0.05, 0) is 36.4 Å². The minimum atomic E-state index is 0.0807. The van der Waals surface area contributed by atoms with Gasteiger partial charge in [0.15, 0.2) is 5.78 Å². The number of anilines is 1. The molecule has 0 saturated heterocycles. The fraction of sp³-hybridized carbons (Fsp3) is 0.176. The topological polar surface area (TPSA) is 38.1 Å². The molecule has 1 aromatic heterocycles. The predicted octanol–water partition coefficient (Wildman–Crippen LogP) is 3.39. The molecule has 0 spiro atoms. The Bertz CT molecular complexity index is 854. The van der Waals surface area contributed by atoms with Gasteiger partial charge in [0.05, 0.1) is 17.6 Å². The zero-order valence-electron chi connectivity index (χ0n) is 11.9. The van der Waals surface area contributed by atoms with Gasteiger partial charge in [-0.1, -0.05) is 23.7 Å². The highest BCUT2D eigenvalue weighted by Gasteiger charge is 2.25. The summed E-state index contributed by atoms with van der Waals surface area (Å²) in [6.45, 7) is 2.02. The summed E-state index contributed by atoms with van der Waals surface area (Å²) in [6, 6.07) is 15.1. The molecule has 2 aromatic carbocycles. The van der Waals surface area contributed by atoms with Crippen LogP contribution in [0.25, 0.3) is 11.0 Å². The van der Waals surface area contributed by atoms with Crippen molar-refractivity contribution in [3.63, 3.8) is 0 Å². The maximum atomic E-state index is 12.4. The van der Waals surface area contributed by atoms with Crippen molar-refractivity contribution in [2.24, 2.45) is 0 Å². The van der Waals surface area contributed by atoms with E-state index in [0.717, 1.165) is 30.1 Å². The molecule has 2 heterocycles. The minimum absolute atomic E-state index is 0.0807. The first-order chi connectivity index (χ1) is 10.7. The van der Waals surface area contributed by atoms with E-state index in [1.54, 1.807) is 24.3 Å². The molecule has 1 aliphatic heterocycles. The summed E-state index contributed by atoms with van der Waals surface area (Å²) < 4.78 is 2.17. The van der Waals surface area contributed by atoms with E-state index in [4.69, 9.17) is 11.6 Å². The van der Waals surface area contributed by atoms with Crippen LogP contribution in [0, 0.1) is 0 Å². The van der Waals surface area contributed by atoms with Crippen molar-refractivity contribution in [3.05, 3.63) is 59.1 Å². The monoisotopic (exact) mass is 311 g/mol. The van der Waals surface area contributed by atoms with E-state index >= 15 is 0 Å². The van der Waals surface area contributed by atoms with Crippen LogP contribution in [0.5, 0.6) is 0 Å². The zero-order chi connectivity index (χ0) is 15.1. The standard InChI is InChI=1S/C17H14ClN3O/c18-13-7-5-12(6-8-13)16(22)11-20-9-10-21-15-4-2-1-3-14(15)19-17(20)21/h1-8H,9-11H2. The number of carbonyl (C=O) groups is 1. The van der Waals surface area contributed by atoms with Gasteiger partial charge in [0.25, 0.3) is 0 Å². The third-order valence-electron chi connectivity index (χ3n) is 4.01. The molecule has 0 atom stereocenters. The largest absolute Gasteiger partial charge is 0.333 e. The Balaban J connectivity index is 1.61. The summed E-state index contributed by atoms with van der Waals surface area (Å²) in [4.78, 5) is 19.1. The van der Waals surface area contributed by atoms with E-state index in [1.807, 2.05) is 23.1 Å². The van der Waals surface area contributed by atoms with E-state index in [-0.39, 0.29) is 5.78 Å². The van der Waals surface area contributed by atoms with Crippen LogP contribution >= 0.6 is 11.6 Å². The summed E-state index contributed by atoms with van der Waals surface area (Å²) >= 11 is 5.86. The van der Waals surface area contributed by atoms with Crippen molar-refractivity contribution >= 4 is 34.4 Å². The first kappa shape index (κ1) is 13.3. The minimum Gasteiger partial charge on any atom is -0.333 e. The Morgan fingerprint density at radius 2 is 1.86 bits per heavy atom. The molecular formula is C17H14ClN3O. The number of benzene rings is 2. The summed E-state index contributed by atoms with van der Waals surface area (Å²) in [5.74, 6) is 0.959. The van der Waals surface area contributed by atoms with Crippen LogP contribution in [0.3, 0.4) is 0 Å². The summed E-state index contributed by atoms with van der Waals surface area (Å²) in [5, 5.41) is 0.638. The van der Waals surface area contributed by atoms with Gasteiger partial charge in [0.1, 0.15) is 0 Å². The lowest BCUT2D eigenvalue weighted by Crippen LogP contribution is -2.28. The number of rotatable bonds is 3. The lowest BCUT2D eigenvalue weighted by Gasteiger charge is -2.14. The lowest BCUT2D eigenvalue weighted by molar-refractivity contribution is 0.0999. The quantitative estimate of drug-likeness (QED) is 0.696. The van der Waals surface area contributed by atoms with Gasteiger partial charge in [-0.2, -0.15) is 0 Å². The van der Waals surface area contributed by atoms with Crippen LogP contribution < -0.4 is 4.90 Å². The molecule has 3 aromatic rings. The summed E-state index contributed by atoms with van der Waals surface area (Å²) in [7, 11) is 0. The molecule has 0 aliphatic carbocycles. The smallest absolute Gasteiger partial charge is 0.207 e. The maximum Gasteiger partial charge on any atom is 0.207 e. The van der Waals surface area contributed by atoms with Crippen molar-refractivity contribution in [3.8, 4) is 0 Å². The Labute approximate surface area is 132 Å².